The van der Waals surface area contributed by atoms with Gasteiger partial charge in [-0.05, 0) is 44.0 Å². The van der Waals surface area contributed by atoms with Crippen LogP contribution in [-0.2, 0) is 11.3 Å². The van der Waals surface area contributed by atoms with Crippen molar-refractivity contribution in [1.82, 2.24) is 9.97 Å². The maximum Gasteiger partial charge on any atom is 0.134 e. The molecule has 2 rings (SSSR count). The summed E-state index contributed by atoms with van der Waals surface area (Å²) in [5, 5.41) is 0. The third kappa shape index (κ3) is 3.29. The van der Waals surface area contributed by atoms with E-state index in [1.165, 1.54) is 6.07 Å². The highest BCUT2D eigenvalue weighted by atomic mass is 32.1. The van der Waals surface area contributed by atoms with Crippen LogP contribution in [0.3, 0.4) is 0 Å². The van der Waals surface area contributed by atoms with E-state index in [1.807, 2.05) is 26.8 Å². The molecule has 0 atom stereocenters. The van der Waals surface area contributed by atoms with Gasteiger partial charge in [0, 0.05) is 12.2 Å². The van der Waals surface area contributed by atoms with Crippen LogP contribution in [0, 0.1) is 24.3 Å². The van der Waals surface area contributed by atoms with Crippen molar-refractivity contribution in [1.29, 1.82) is 0 Å². The van der Waals surface area contributed by atoms with E-state index in [-0.39, 0.29) is 5.82 Å². The molecule has 1 aromatic heterocycles. The molecule has 0 radical (unpaired) electrons. The lowest BCUT2D eigenvalue weighted by Crippen LogP contribution is -2.02. The van der Waals surface area contributed by atoms with Crippen molar-refractivity contribution in [3.8, 4) is 11.3 Å². The quantitative estimate of drug-likeness (QED) is 0.862. The number of benzene rings is 1. The maximum atomic E-state index is 14.2. The lowest BCUT2D eigenvalue weighted by atomic mass is 10.0. The Morgan fingerprint density at radius 1 is 1.30 bits per heavy atom. The predicted octanol–water partition coefficient (Wildman–Crippen LogP) is 4.10. The van der Waals surface area contributed by atoms with E-state index in [0.29, 0.717) is 34.9 Å². The SMILES string of the molecule is CCOCc1nc(=S)cc(-c2c(C)cc(C)cc2F)[nH]1. The van der Waals surface area contributed by atoms with Crippen molar-refractivity contribution < 1.29 is 9.13 Å². The molecule has 3 nitrogen and oxygen atoms in total. The summed E-state index contributed by atoms with van der Waals surface area (Å²) in [5.74, 6) is 0.343. The van der Waals surface area contributed by atoms with Gasteiger partial charge in [0.2, 0.25) is 0 Å². The van der Waals surface area contributed by atoms with Gasteiger partial charge in [-0.25, -0.2) is 9.37 Å². The minimum atomic E-state index is -0.262. The normalized spacial score (nSPS) is 10.8. The summed E-state index contributed by atoms with van der Waals surface area (Å²) in [7, 11) is 0. The van der Waals surface area contributed by atoms with Crippen molar-refractivity contribution in [2.24, 2.45) is 0 Å². The number of aryl methyl sites for hydroxylation is 2. The van der Waals surface area contributed by atoms with Gasteiger partial charge in [-0.3, -0.25) is 0 Å². The number of hydrogen-bond acceptors (Lipinski definition) is 3. The zero-order valence-electron chi connectivity index (χ0n) is 11.8. The highest BCUT2D eigenvalue weighted by molar-refractivity contribution is 7.71. The highest BCUT2D eigenvalue weighted by Gasteiger charge is 2.11. The van der Waals surface area contributed by atoms with Crippen LogP contribution in [0.25, 0.3) is 11.3 Å². The molecule has 0 unspecified atom stereocenters. The maximum absolute atomic E-state index is 14.2. The van der Waals surface area contributed by atoms with Gasteiger partial charge in [0.25, 0.3) is 0 Å². The van der Waals surface area contributed by atoms with Gasteiger partial charge < -0.3 is 9.72 Å². The molecule has 20 heavy (non-hydrogen) atoms. The predicted molar refractivity (Wildman–Crippen MR) is 79.6 cm³/mol. The number of aromatic nitrogens is 2. The van der Waals surface area contributed by atoms with E-state index in [1.54, 1.807) is 6.07 Å². The molecule has 0 aliphatic carbocycles. The number of nitrogens with one attached hydrogen (secondary N) is 1. The van der Waals surface area contributed by atoms with E-state index >= 15 is 0 Å². The molecule has 2 aromatic rings. The zero-order chi connectivity index (χ0) is 14.7. The summed E-state index contributed by atoms with van der Waals surface area (Å²) in [5.41, 5.74) is 2.92. The second-order valence-electron chi connectivity index (χ2n) is 4.66. The first-order chi connectivity index (χ1) is 9.51. The van der Waals surface area contributed by atoms with Crippen LogP contribution in [0.1, 0.15) is 23.9 Å². The molecular weight excluding hydrogens is 275 g/mol. The summed E-state index contributed by atoms with van der Waals surface area (Å²) >= 11 is 5.14. The van der Waals surface area contributed by atoms with Gasteiger partial charge in [-0.15, -0.1) is 0 Å². The molecule has 1 heterocycles. The molecule has 0 aliphatic rings. The summed E-state index contributed by atoms with van der Waals surface area (Å²) in [6.07, 6.45) is 0. The van der Waals surface area contributed by atoms with Gasteiger partial charge in [0.1, 0.15) is 22.9 Å². The van der Waals surface area contributed by atoms with Crippen LogP contribution in [0.15, 0.2) is 18.2 Å². The van der Waals surface area contributed by atoms with Crippen LogP contribution in [0.5, 0.6) is 0 Å². The molecule has 0 saturated heterocycles. The fourth-order valence-corrected chi connectivity index (χ4v) is 2.39. The minimum Gasteiger partial charge on any atom is -0.374 e. The number of hydrogen-bond donors (Lipinski definition) is 1. The molecule has 1 aromatic carbocycles. The fourth-order valence-electron chi connectivity index (χ4n) is 2.17. The van der Waals surface area contributed by atoms with Crippen LogP contribution >= 0.6 is 12.2 Å². The Kier molecular flexibility index (Phi) is 4.62. The molecular formula is C15H17FN2OS. The van der Waals surface area contributed by atoms with E-state index in [0.717, 1.165) is 11.1 Å². The Morgan fingerprint density at radius 3 is 2.70 bits per heavy atom. The van der Waals surface area contributed by atoms with Gasteiger partial charge in [-0.2, -0.15) is 0 Å². The van der Waals surface area contributed by atoms with Crippen LogP contribution in [0.2, 0.25) is 0 Å². The third-order valence-electron chi connectivity index (χ3n) is 2.94. The average Bonchev–Trinajstić information content (AvgIpc) is 2.34. The van der Waals surface area contributed by atoms with E-state index < -0.39 is 0 Å². The van der Waals surface area contributed by atoms with Crippen molar-refractivity contribution in [2.75, 3.05) is 6.61 Å². The second-order valence-corrected chi connectivity index (χ2v) is 5.07. The molecule has 0 bridgehead atoms. The molecule has 106 valence electrons. The smallest absolute Gasteiger partial charge is 0.134 e. The number of nitrogens with zero attached hydrogens (tertiary/aromatic N) is 1. The summed E-state index contributed by atoms with van der Waals surface area (Å²) in [6.45, 7) is 6.58. The number of halogens is 1. The Morgan fingerprint density at radius 2 is 2.05 bits per heavy atom. The standard InChI is InChI=1S/C15H17FN2OS/c1-4-19-8-13-17-12(7-14(20)18-13)15-10(3)5-9(2)6-11(15)16/h5-7H,4,8H2,1-3H3,(H,17,18,20). The number of rotatable bonds is 4. The van der Waals surface area contributed by atoms with Gasteiger partial charge in [0.15, 0.2) is 0 Å². The largest absolute Gasteiger partial charge is 0.374 e. The van der Waals surface area contributed by atoms with E-state index in [2.05, 4.69) is 9.97 Å². The van der Waals surface area contributed by atoms with Crippen molar-refractivity contribution >= 4 is 12.2 Å². The molecule has 0 spiro atoms. The average molecular weight is 292 g/mol. The van der Waals surface area contributed by atoms with Gasteiger partial charge in [0.05, 0.1) is 5.69 Å². The summed E-state index contributed by atoms with van der Waals surface area (Å²) in [6, 6.07) is 5.13. The highest BCUT2D eigenvalue weighted by Crippen LogP contribution is 2.26. The third-order valence-corrected chi connectivity index (χ3v) is 3.15. The first-order valence-electron chi connectivity index (χ1n) is 6.46. The fraction of sp³-hybridized carbons (Fsp3) is 0.333. The Balaban J connectivity index is 2.53. The zero-order valence-corrected chi connectivity index (χ0v) is 12.6. The number of aromatic amines is 1. The van der Waals surface area contributed by atoms with E-state index in [4.69, 9.17) is 17.0 Å². The van der Waals surface area contributed by atoms with Gasteiger partial charge >= 0.3 is 0 Å². The Labute approximate surface area is 122 Å². The molecule has 1 N–H and O–H groups in total. The lowest BCUT2D eigenvalue weighted by molar-refractivity contribution is 0.128. The van der Waals surface area contributed by atoms with Crippen molar-refractivity contribution in [3.05, 3.63) is 45.6 Å². The Bertz CT molecular complexity index is 659. The molecule has 0 aliphatic heterocycles. The molecule has 0 amide bonds. The monoisotopic (exact) mass is 292 g/mol. The lowest BCUT2D eigenvalue weighted by Gasteiger charge is -2.11. The number of H-pyrrole nitrogens is 1. The molecule has 5 heteroatoms. The van der Waals surface area contributed by atoms with Gasteiger partial charge in [-0.1, -0.05) is 18.3 Å². The second kappa shape index (κ2) is 6.24. The van der Waals surface area contributed by atoms with E-state index in [9.17, 15) is 4.39 Å². The van der Waals surface area contributed by atoms with Crippen LogP contribution in [0.4, 0.5) is 4.39 Å². The van der Waals surface area contributed by atoms with Crippen molar-refractivity contribution in [2.45, 2.75) is 27.4 Å². The molecule has 0 saturated carbocycles. The summed E-state index contributed by atoms with van der Waals surface area (Å²) < 4.78 is 19.9. The Hall–Kier alpha value is -1.59. The number of ether oxygens (including phenoxy) is 1. The minimum absolute atomic E-state index is 0.262. The van der Waals surface area contributed by atoms with Crippen LogP contribution < -0.4 is 0 Å². The van der Waals surface area contributed by atoms with Crippen LogP contribution in [-0.4, -0.2) is 16.6 Å². The summed E-state index contributed by atoms with van der Waals surface area (Å²) in [4.78, 5) is 7.28. The van der Waals surface area contributed by atoms with Crippen molar-refractivity contribution in [3.63, 3.8) is 0 Å². The first kappa shape index (κ1) is 14.8. The topological polar surface area (TPSA) is 37.9 Å². The first-order valence-corrected chi connectivity index (χ1v) is 6.87. The molecule has 0 fully saturated rings.